The quantitative estimate of drug-likeness (QED) is 0.177. The van der Waals surface area contributed by atoms with E-state index in [2.05, 4.69) is 124 Å². The molecule has 0 N–H and O–H groups in total. The van der Waals surface area contributed by atoms with Crippen molar-refractivity contribution in [1.82, 2.24) is 19.3 Å². The Morgan fingerprint density at radius 2 is 1.58 bits per heavy atom. The van der Waals surface area contributed by atoms with Gasteiger partial charge in [0.2, 0.25) is 0 Å². The van der Waals surface area contributed by atoms with Crippen LogP contribution in [-0.2, 0) is 6.42 Å². The van der Waals surface area contributed by atoms with Crippen molar-refractivity contribution in [3.05, 3.63) is 132 Å². The molecule has 5 nitrogen and oxygen atoms in total. The standard InChI is InChI=1S/C40H38N4O/c1-6-11-29-20-21-41-39(22-29)43-37-19-16-31(26(2)3)23-36(37)35-18-17-34(25-38(35)43)45-33-15-10-14-32(24-33)44-28(5)40(27(4)42-44)30-12-8-7-9-13-30/h7-10,12-26H,6,11H2,1-5H3. The second-order valence-electron chi connectivity index (χ2n) is 12.1. The van der Waals surface area contributed by atoms with Gasteiger partial charge < -0.3 is 4.74 Å². The molecular weight excluding hydrogens is 552 g/mol. The zero-order valence-corrected chi connectivity index (χ0v) is 26.6. The molecule has 4 aromatic carbocycles. The summed E-state index contributed by atoms with van der Waals surface area (Å²) < 4.78 is 10.8. The summed E-state index contributed by atoms with van der Waals surface area (Å²) in [4.78, 5) is 4.83. The van der Waals surface area contributed by atoms with Crippen molar-refractivity contribution in [2.45, 2.75) is 53.4 Å². The smallest absolute Gasteiger partial charge is 0.137 e. The maximum absolute atomic E-state index is 6.55. The number of benzene rings is 4. The number of aromatic nitrogens is 4. The minimum absolute atomic E-state index is 0.444. The van der Waals surface area contributed by atoms with Crippen LogP contribution in [-0.4, -0.2) is 19.3 Å². The third-order valence-corrected chi connectivity index (χ3v) is 8.66. The summed E-state index contributed by atoms with van der Waals surface area (Å²) in [6.07, 6.45) is 4.04. The molecule has 7 rings (SSSR count). The number of rotatable bonds is 8. The lowest BCUT2D eigenvalue weighted by atomic mass is 10.0. The SMILES string of the molecule is CCCc1ccnc(-n2c3ccc(C(C)C)cc3c3ccc(Oc4cccc(-n5nc(C)c(-c6ccccc6)c5C)c4)cc32)c1. The number of hydrogen-bond donors (Lipinski definition) is 0. The number of aryl methyl sites for hydroxylation is 2. The Bertz CT molecular complexity index is 2150. The molecule has 0 aliphatic carbocycles. The molecule has 0 aliphatic rings. The molecule has 0 atom stereocenters. The molecule has 224 valence electrons. The number of hydrogen-bond acceptors (Lipinski definition) is 3. The molecule has 3 heterocycles. The van der Waals surface area contributed by atoms with Gasteiger partial charge in [-0.1, -0.05) is 69.7 Å². The fourth-order valence-electron chi connectivity index (χ4n) is 6.45. The minimum Gasteiger partial charge on any atom is -0.457 e. The second-order valence-corrected chi connectivity index (χ2v) is 12.1. The molecule has 3 aromatic heterocycles. The molecule has 0 bridgehead atoms. The van der Waals surface area contributed by atoms with Crippen LogP contribution in [0.2, 0.25) is 0 Å². The lowest BCUT2D eigenvalue weighted by Crippen LogP contribution is -2.00. The van der Waals surface area contributed by atoms with Gasteiger partial charge in [-0.3, -0.25) is 4.57 Å². The number of ether oxygens (including phenoxy) is 1. The molecule has 0 unspecified atom stereocenters. The van der Waals surface area contributed by atoms with Crippen molar-refractivity contribution in [3.63, 3.8) is 0 Å². The van der Waals surface area contributed by atoms with Crippen LogP contribution in [0.25, 0.3) is 44.4 Å². The molecule has 0 saturated heterocycles. The highest BCUT2D eigenvalue weighted by molar-refractivity contribution is 6.09. The van der Waals surface area contributed by atoms with Gasteiger partial charge in [0.1, 0.15) is 17.3 Å². The van der Waals surface area contributed by atoms with Crippen molar-refractivity contribution in [1.29, 1.82) is 0 Å². The maximum atomic E-state index is 6.55. The van der Waals surface area contributed by atoms with E-state index in [4.69, 9.17) is 14.8 Å². The van der Waals surface area contributed by atoms with Gasteiger partial charge in [-0.25, -0.2) is 9.67 Å². The molecule has 0 spiro atoms. The molecule has 0 saturated carbocycles. The highest BCUT2D eigenvalue weighted by Gasteiger charge is 2.17. The number of pyridine rings is 1. The fourth-order valence-corrected chi connectivity index (χ4v) is 6.45. The normalized spacial score (nSPS) is 11.6. The third kappa shape index (κ3) is 5.29. The van der Waals surface area contributed by atoms with Crippen molar-refractivity contribution in [3.8, 4) is 34.1 Å². The Hall–Kier alpha value is -5.16. The van der Waals surface area contributed by atoms with Gasteiger partial charge in [-0.2, -0.15) is 5.10 Å². The van der Waals surface area contributed by atoms with Crippen LogP contribution < -0.4 is 4.74 Å². The average Bonchev–Trinajstić information content (AvgIpc) is 3.54. The van der Waals surface area contributed by atoms with Crippen LogP contribution in [0.3, 0.4) is 0 Å². The predicted octanol–water partition coefficient (Wildman–Crippen LogP) is 10.5. The Labute approximate surface area is 264 Å². The summed E-state index contributed by atoms with van der Waals surface area (Å²) in [7, 11) is 0. The van der Waals surface area contributed by atoms with E-state index in [0.717, 1.165) is 63.8 Å². The molecule has 7 aromatic rings. The minimum atomic E-state index is 0.444. The zero-order valence-electron chi connectivity index (χ0n) is 26.6. The van der Waals surface area contributed by atoms with Gasteiger partial charge in [-0.15, -0.1) is 0 Å². The van der Waals surface area contributed by atoms with Crippen LogP contribution in [0.1, 0.15) is 55.6 Å². The molecule has 5 heteroatoms. The Morgan fingerprint density at radius 1 is 0.756 bits per heavy atom. The van der Waals surface area contributed by atoms with Gasteiger partial charge in [0.25, 0.3) is 0 Å². The zero-order chi connectivity index (χ0) is 31.1. The van der Waals surface area contributed by atoms with E-state index in [1.807, 2.05) is 29.1 Å². The molecular formula is C40H38N4O. The van der Waals surface area contributed by atoms with E-state index in [1.54, 1.807) is 0 Å². The first-order chi connectivity index (χ1) is 21.9. The van der Waals surface area contributed by atoms with Gasteiger partial charge in [0.15, 0.2) is 0 Å². The topological polar surface area (TPSA) is 44.9 Å². The molecule has 0 aliphatic heterocycles. The van der Waals surface area contributed by atoms with Crippen molar-refractivity contribution in [2.75, 3.05) is 0 Å². The predicted molar refractivity (Wildman–Crippen MR) is 185 cm³/mol. The van der Waals surface area contributed by atoms with Gasteiger partial charge >= 0.3 is 0 Å². The van der Waals surface area contributed by atoms with Crippen LogP contribution in [0.5, 0.6) is 11.5 Å². The average molecular weight is 591 g/mol. The summed E-state index contributed by atoms with van der Waals surface area (Å²) in [5.74, 6) is 2.90. The Balaban J connectivity index is 1.30. The van der Waals surface area contributed by atoms with E-state index < -0.39 is 0 Å². The molecule has 45 heavy (non-hydrogen) atoms. The van der Waals surface area contributed by atoms with Crippen molar-refractivity contribution < 1.29 is 4.74 Å². The Kier molecular flexibility index (Phi) is 7.46. The fraction of sp³-hybridized carbons (Fsp3) is 0.200. The summed E-state index contributed by atoms with van der Waals surface area (Å²) in [5, 5.41) is 7.32. The summed E-state index contributed by atoms with van der Waals surface area (Å²) in [6, 6.07) is 36.1. The molecule has 0 amide bonds. The van der Waals surface area contributed by atoms with Gasteiger partial charge in [0, 0.05) is 40.4 Å². The summed E-state index contributed by atoms with van der Waals surface area (Å²) in [6.45, 7) is 10.9. The number of fused-ring (bicyclic) bond motifs is 3. The number of nitrogens with zero attached hydrogens (tertiary/aromatic N) is 4. The lowest BCUT2D eigenvalue weighted by Gasteiger charge is -2.11. The van der Waals surface area contributed by atoms with Crippen LogP contribution in [0, 0.1) is 13.8 Å². The van der Waals surface area contributed by atoms with E-state index in [9.17, 15) is 0 Å². The molecule has 0 fully saturated rings. The maximum Gasteiger partial charge on any atom is 0.137 e. The first kappa shape index (κ1) is 28.6. The van der Waals surface area contributed by atoms with Gasteiger partial charge in [0.05, 0.1) is 22.4 Å². The van der Waals surface area contributed by atoms with Crippen molar-refractivity contribution in [2.24, 2.45) is 0 Å². The van der Waals surface area contributed by atoms with E-state index in [0.29, 0.717) is 5.92 Å². The lowest BCUT2D eigenvalue weighted by molar-refractivity contribution is 0.482. The van der Waals surface area contributed by atoms with E-state index in [1.165, 1.54) is 27.5 Å². The first-order valence-corrected chi connectivity index (χ1v) is 15.8. The highest BCUT2D eigenvalue weighted by Crippen LogP contribution is 2.37. The Morgan fingerprint density at radius 3 is 2.38 bits per heavy atom. The van der Waals surface area contributed by atoms with Gasteiger partial charge in [-0.05, 0) is 91.4 Å². The highest BCUT2D eigenvalue weighted by atomic mass is 16.5. The monoisotopic (exact) mass is 590 g/mol. The van der Waals surface area contributed by atoms with Crippen LogP contribution >= 0.6 is 0 Å². The van der Waals surface area contributed by atoms with Crippen LogP contribution in [0.4, 0.5) is 0 Å². The van der Waals surface area contributed by atoms with Crippen molar-refractivity contribution >= 4 is 21.8 Å². The van der Waals surface area contributed by atoms with E-state index >= 15 is 0 Å². The summed E-state index contributed by atoms with van der Waals surface area (Å²) >= 11 is 0. The largest absolute Gasteiger partial charge is 0.457 e. The van der Waals surface area contributed by atoms with Crippen LogP contribution in [0.15, 0.2) is 109 Å². The first-order valence-electron chi connectivity index (χ1n) is 15.8. The second kappa shape index (κ2) is 11.7. The van der Waals surface area contributed by atoms with E-state index in [-0.39, 0.29) is 0 Å². The summed E-state index contributed by atoms with van der Waals surface area (Å²) in [5.41, 5.74) is 10.2. The molecule has 0 radical (unpaired) electrons. The third-order valence-electron chi connectivity index (χ3n) is 8.66.